The van der Waals surface area contributed by atoms with E-state index in [9.17, 15) is 71.3 Å². The van der Waals surface area contributed by atoms with Crippen molar-refractivity contribution in [2.75, 3.05) is 26.2 Å². The number of rotatable bonds is 22. The number of phenols is 1. The molecule has 3 aromatic carbocycles. The largest absolute Gasteiger partial charge is 0.508 e. The summed E-state index contributed by atoms with van der Waals surface area (Å²) in [6.07, 6.45) is -2.84. The third-order valence-electron chi connectivity index (χ3n) is 22.3. The molecule has 0 saturated carbocycles. The Morgan fingerprint density at radius 3 is 1.32 bits per heavy atom. The van der Waals surface area contributed by atoms with Crippen LogP contribution in [0.5, 0.6) is 5.75 Å². The normalized spacial score (nSPS) is 25.3. The number of aliphatic hydroxyl groups is 1. The van der Waals surface area contributed by atoms with Crippen molar-refractivity contribution in [1.29, 1.82) is 0 Å². The molecular formula is C87H125F3N16O17. The zero-order valence-corrected chi connectivity index (χ0v) is 72.4. The number of aromatic amines is 1. The second-order valence-corrected chi connectivity index (χ2v) is 34.3. The monoisotopic (exact) mass is 1720 g/mol. The van der Waals surface area contributed by atoms with Crippen molar-refractivity contribution in [3.63, 3.8) is 0 Å². The van der Waals surface area contributed by atoms with Crippen molar-refractivity contribution in [3.05, 3.63) is 102 Å². The van der Waals surface area contributed by atoms with Gasteiger partial charge < -0.3 is 94.1 Å². The van der Waals surface area contributed by atoms with Gasteiger partial charge in [-0.15, -0.1) is 0 Å². The second kappa shape index (κ2) is 46.3. The standard InChI is InChI=1S/C87H125F3N16O17/c1-14-15-28-58-72(109)98-63(43-54-44-92-57-29-20-19-27-56(54)57)84(121)106-39-24-32-66(106)85(122)105-38-23-31-65(105)78(115)96-60(40-46(2)3)74(111)99-64(45-107)77(114)102-67(47(4)5)79(116)94-59(30-21-22-37-91-86(123)87(88,89)90)73(110)100-70(50(10)11)82(119)104-69(49(8)9)81(118)97-61(41-52-25-17-16-18-26-52)75(112)95-62(42-53-33-35-55(108)36-34-53)76(113)101-71(51(12)13)83(120)103-68(48(6)7)80(117)93-58/h16-20,25-27,29,33-36,44,46-51,58-71,92,107-108H,14-15,21-24,28,30-32,37-43,45H2,1-13H3,(H,91,123)(H,93,117)(H,94,116)(H,95,112)(H,96,115)(H,97,118)(H,98,109)(H,99,111)(H,100,110)(H,101,113)(H,102,114)(H,103,120)(H,104,119)/t58-,59-,60-,61-,62-,63-,64-,65-,66+,67-,68+,69-,70-,71-/m0/s1. The van der Waals surface area contributed by atoms with Crippen LogP contribution in [0, 0.1) is 35.5 Å². The highest BCUT2D eigenvalue weighted by Gasteiger charge is 2.47. The minimum atomic E-state index is -5.22. The van der Waals surface area contributed by atoms with Crippen molar-refractivity contribution in [2.45, 2.75) is 271 Å². The molecule has 15 amide bonds. The van der Waals surface area contributed by atoms with E-state index in [1.165, 1.54) is 47.9 Å². The summed E-state index contributed by atoms with van der Waals surface area (Å²) in [5.41, 5.74) is 2.29. The predicted molar refractivity (Wildman–Crippen MR) is 450 cm³/mol. The van der Waals surface area contributed by atoms with Crippen LogP contribution in [0.3, 0.4) is 0 Å². The number of phenolic OH excluding ortho intramolecular Hbond substituents is 1. The lowest BCUT2D eigenvalue weighted by Gasteiger charge is -2.34. The number of nitrogens with zero attached hydrogens (tertiary/aromatic N) is 2. The van der Waals surface area contributed by atoms with Gasteiger partial charge in [0.25, 0.3) is 0 Å². The van der Waals surface area contributed by atoms with Gasteiger partial charge in [0.15, 0.2) is 0 Å². The molecule has 123 heavy (non-hydrogen) atoms. The Bertz CT molecular complexity index is 4330. The fraction of sp³-hybridized carbons (Fsp3) is 0.598. The number of fused-ring (bicyclic) bond motifs is 3. The number of unbranched alkanes of at least 4 members (excludes halogenated alkanes) is 2. The molecule has 0 radical (unpaired) electrons. The molecule has 4 aromatic rings. The Morgan fingerprint density at radius 1 is 0.431 bits per heavy atom. The fourth-order valence-electron chi connectivity index (χ4n) is 15.2. The zero-order valence-electron chi connectivity index (χ0n) is 72.4. The third-order valence-corrected chi connectivity index (χ3v) is 22.3. The highest BCUT2D eigenvalue weighted by molar-refractivity contribution is 6.02. The molecule has 0 aliphatic carbocycles. The summed E-state index contributed by atoms with van der Waals surface area (Å²) in [7, 11) is 0. The summed E-state index contributed by atoms with van der Waals surface area (Å²) in [5.74, 6) is -18.6. The molecule has 0 unspecified atom stereocenters. The number of nitrogens with one attached hydrogen (secondary N) is 14. The van der Waals surface area contributed by atoms with E-state index in [1.807, 2.05) is 25.1 Å². The van der Waals surface area contributed by atoms with Crippen LogP contribution in [0.25, 0.3) is 10.9 Å². The first-order valence-corrected chi connectivity index (χ1v) is 42.7. The van der Waals surface area contributed by atoms with Gasteiger partial charge in [0.2, 0.25) is 82.7 Å². The van der Waals surface area contributed by atoms with Crippen LogP contribution < -0.4 is 69.1 Å². The quantitative estimate of drug-likeness (QED) is 0.0503. The van der Waals surface area contributed by atoms with Gasteiger partial charge in [-0.2, -0.15) is 13.2 Å². The van der Waals surface area contributed by atoms with Gasteiger partial charge in [0.05, 0.1) is 6.61 Å². The van der Waals surface area contributed by atoms with Crippen LogP contribution in [-0.4, -0.2) is 231 Å². The molecule has 33 nitrogen and oxygen atoms in total. The molecule has 36 heteroatoms. The van der Waals surface area contributed by atoms with Crippen LogP contribution in [0.15, 0.2) is 85.1 Å². The van der Waals surface area contributed by atoms with E-state index in [0.29, 0.717) is 42.4 Å². The number of aromatic hydroxyl groups is 1. The molecule has 1 aromatic heterocycles. The van der Waals surface area contributed by atoms with Crippen molar-refractivity contribution in [1.82, 2.24) is 83.9 Å². The first kappa shape index (κ1) is 98.9. The van der Waals surface area contributed by atoms with Gasteiger partial charge in [0, 0.05) is 56.0 Å². The maximum atomic E-state index is 15.5. The number of halogens is 3. The first-order chi connectivity index (χ1) is 58.1. The minimum Gasteiger partial charge on any atom is -0.508 e. The lowest BCUT2D eigenvalue weighted by atomic mass is 9.97. The average molecular weight is 1720 g/mol. The Kier molecular flexibility index (Phi) is 37.3. The van der Waals surface area contributed by atoms with Crippen molar-refractivity contribution < 1.29 is 95.3 Å². The molecule has 3 aliphatic rings. The fourth-order valence-corrected chi connectivity index (χ4v) is 15.2. The molecule has 14 atom stereocenters. The number of hydrogen-bond acceptors (Lipinski definition) is 17. The average Bonchev–Trinajstić information content (AvgIpc) is 1.64. The molecule has 0 bridgehead atoms. The number of aliphatic hydroxyl groups excluding tert-OH is 1. The second-order valence-electron chi connectivity index (χ2n) is 34.3. The maximum absolute atomic E-state index is 15.5. The molecule has 16 N–H and O–H groups in total. The van der Waals surface area contributed by atoms with Crippen LogP contribution in [0.1, 0.15) is 177 Å². The van der Waals surface area contributed by atoms with Gasteiger partial charge in [0.1, 0.15) is 90.3 Å². The topological polar surface area (TPSA) is 475 Å². The lowest BCUT2D eigenvalue weighted by molar-refractivity contribution is -0.173. The van der Waals surface area contributed by atoms with E-state index < -0.39 is 222 Å². The summed E-state index contributed by atoms with van der Waals surface area (Å²) in [4.78, 5) is 226. The Balaban J connectivity index is 1.29. The summed E-state index contributed by atoms with van der Waals surface area (Å²) in [6, 6.07) is 1.12. The summed E-state index contributed by atoms with van der Waals surface area (Å²) >= 11 is 0. The number of alkyl halides is 3. The number of H-pyrrole nitrogens is 1. The van der Waals surface area contributed by atoms with E-state index in [2.05, 4.69) is 68.8 Å². The number of hydrogen-bond donors (Lipinski definition) is 16. The van der Waals surface area contributed by atoms with Gasteiger partial charge in [-0.3, -0.25) is 71.9 Å². The van der Waals surface area contributed by atoms with Crippen molar-refractivity contribution >= 4 is 99.5 Å². The number of amides is 15. The molecule has 3 aliphatic heterocycles. The third kappa shape index (κ3) is 28.4. The first-order valence-electron chi connectivity index (χ1n) is 42.7. The van der Waals surface area contributed by atoms with Crippen LogP contribution in [-0.2, 0) is 91.2 Å². The van der Waals surface area contributed by atoms with Crippen molar-refractivity contribution in [3.8, 4) is 5.75 Å². The number of carbonyl (C=O) groups is 15. The predicted octanol–water partition coefficient (Wildman–Crippen LogP) is 3.07. The lowest BCUT2D eigenvalue weighted by Crippen LogP contribution is -2.63. The molecule has 0 spiro atoms. The number of benzene rings is 3. The molecule has 3 fully saturated rings. The van der Waals surface area contributed by atoms with Crippen LogP contribution in [0.4, 0.5) is 13.2 Å². The molecule has 3 saturated heterocycles. The summed E-state index contributed by atoms with van der Waals surface area (Å²) < 4.78 is 39.7. The molecule has 4 heterocycles. The van der Waals surface area contributed by atoms with Crippen molar-refractivity contribution in [2.24, 2.45) is 35.5 Å². The van der Waals surface area contributed by atoms with Crippen LogP contribution in [0.2, 0.25) is 0 Å². The highest BCUT2D eigenvalue weighted by Crippen LogP contribution is 2.29. The van der Waals surface area contributed by atoms with E-state index in [4.69, 9.17) is 0 Å². The SMILES string of the molecule is CCCC[C@@H]1NC(=O)[C@@H](C(C)C)NC(=O)[C@H](C(C)C)NC(=O)[C@H](Cc2ccc(O)cc2)NC(=O)[C@H](Cc2ccccc2)NC(=O)[C@H](C(C)C)NC(=O)[C@H](C(C)C)NC(=O)[C@H](CCCCNC(=O)C(F)(F)F)NC(=O)[C@H](C(C)C)NC(=O)[C@H](CO)NC(=O)[C@H](CC(C)C)NC(=O)[C@@H]2CCCN2C(=O)[C@H]2CCCN2C(=O)[C@H](Cc2c[nH]c3ccccc23)NC1=O. The van der Waals surface area contributed by atoms with E-state index in [0.717, 1.165) is 10.9 Å². The maximum Gasteiger partial charge on any atom is 0.471 e. The Hall–Kier alpha value is -11.2. The molecular weight excluding hydrogens is 1600 g/mol. The Labute approximate surface area is 715 Å². The molecule has 7 rings (SSSR count). The van der Waals surface area contributed by atoms with E-state index >= 15 is 24.0 Å². The number of para-hydroxylation sites is 1. The highest BCUT2D eigenvalue weighted by atomic mass is 19.4. The number of carbonyl (C=O) groups excluding carboxylic acids is 15. The van der Waals surface area contributed by atoms with E-state index in [-0.39, 0.29) is 89.0 Å². The minimum absolute atomic E-state index is 0.0344. The van der Waals surface area contributed by atoms with Crippen LogP contribution >= 0.6 is 0 Å². The van der Waals surface area contributed by atoms with E-state index in [1.54, 1.807) is 117 Å². The molecule has 676 valence electrons. The zero-order chi connectivity index (χ0) is 90.9. The van der Waals surface area contributed by atoms with Gasteiger partial charge >= 0.3 is 12.1 Å². The van der Waals surface area contributed by atoms with Gasteiger partial charge in [-0.1, -0.05) is 164 Å². The van der Waals surface area contributed by atoms with Gasteiger partial charge in [-0.05, 0) is 128 Å². The smallest absolute Gasteiger partial charge is 0.471 e. The van der Waals surface area contributed by atoms with Gasteiger partial charge in [-0.25, -0.2) is 0 Å². The summed E-state index contributed by atoms with van der Waals surface area (Å²) in [6.45, 7) is 19.8. The summed E-state index contributed by atoms with van der Waals surface area (Å²) in [5, 5.41) is 56.1. The Morgan fingerprint density at radius 2 is 0.821 bits per heavy atom. The number of aromatic nitrogens is 1.